The number of carbonyl (C=O) groups excluding carboxylic acids is 4. The fraction of sp³-hybridized carbons (Fsp3) is 0.259. The van der Waals surface area contributed by atoms with Crippen LogP contribution in [0.5, 0.6) is 0 Å². The van der Waals surface area contributed by atoms with Gasteiger partial charge in [0.15, 0.2) is 30.2 Å². The van der Waals surface area contributed by atoms with Crippen molar-refractivity contribution in [2.75, 3.05) is 11.1 Å². The minimum Gasteiger partial charge on any atom is -0.457 e. The number of rotatable bonds is 17. The molecule has 2 fully saturated rings. The lowest BCUT2D eigenvalue weighted by molar-refractivity contribution is -0.752. The van der Waals surface area contributed by atoms with E-state index in [1.807, 2.05) is 150 Å². The third-order valence-electron chi connectivity index (χ3n) is 13.4. The van der Waals surface area contributed by atoms with Gasteiger partial charge in [-0.3, -0.25) is 14.5 Å². The molecule has 0 spiro atoms. The Kier molecular flexibility index (Phi) is 14.1. The highest BCUT2D eigenvalue weighted by Gasteiger charge is 2.56. The lowest BCUT2D eigenvalue weighted by atomic mass is 9.77. The molecule has 2 aromatic heterocycles. The van der Waals surface area contributed by atoms with Gasteiger partial charge in [0, 0.05) is 30.0 Å². The highest BCUT2D eigenvalue weighted by atomic mass is 32.2. The van der Waals surface area contributed by atoms with E-state index in [2.05, 4.69) is 52.2 Å². The Morgan fingerprint density at radius 1 is 0.811 bits per heavy atom. The van der Waals surface area contributed by atoms with Gasteiger partial charge in [0.25, 0.3) is 11.8 Å². The fourth-order valence-corrected chi connectivity index (χ4v) is 11.6. The number of aromatic nitrogens is 3. The number of hydrogen-bond acceptors (Lipinski definition) is 12. The number of hydrogen-bond donors (Lipinski definition) is 2. The molecule has 0 unspecified atom stereocenters. The van der Waals surface area contributed by atoms with Crippen molar-refractivity contribution in [2.45, 2.75) is 80.8 Å². The molecule has 0 bridgehead atoms. The summed E-state index contributed by atoms with van der Waals surface area (Å²) in [5, 5.41) is 12.6. The van der Waals surface area contributed by atoms with Crippen LogP contribution >= 0.6 is 23.1 Å². The monoisotopic (exact) mass is 1030 g/mol. The summed E-state index contributed by atoms with van der Waals surface area (Å²) in [6.45, 7) is 5.64. The van der Waals surface area contributed by atoms with Crippen molar-refractivity contribution >= 4 is 57.7 Å². The fourth-order valence-electron chi connectivity index (χ4n) is 9.48. The molecule has 2 amide bonds. The predicted molar refractivity (Wildman–Crippen MR) is 283 cm³/mol. The van der Waals surface area contributed by atoms with Crippen molar-refractivity contribution in [2.24, 2.45) is 12.2 Å². The third-order valence-corrected chi connectivity index (χ3v) is 15.5. The van der Waals surface area contributed by atoms with Gasteiger partial charge < -0.3 is 24.9 Å². The van der Waals surface area contributed by atoms with E-state index in [1.54, 1.807) is 26.2 Å². The Bertz CT molecular complexity index is 3070. The summed E-state index contributed by atoms with van der Waals surface area (Å²) in [7, 11) is 1.90. The molecule has 2 atom stereocenters. The van der Waals surface area contributed by atoms with Crippen LogP contribution in [0.4, 0.5) is 5.13 Å². The molecule has 1 aliphatic carbocycles. The molecule has 376 valence electrons. The van der Waals surface area contributed by atoms with Crippen molar-refractivity contribution in [1.82, 2.24) is 19.9 Å². The van der Waals surface area contributed by atoms with Gasteiger partial charge in [-0.2, -0.15) is 4.68 Å². The molecular weight excluding hydrogens is 971 g/mol. The summed E-state index contributed by atoms with van der Waals surface area (Å²) in [6.07, 6.45) is 4.37. The lowest BCUT2D eigenvalue weighted by Crippen LogP contribution is -2.71. The van der Waals surface area contributed by atoms with Gasteiger partial charge in [0.2, 0.25) is 5.60 Å². The molecule has 5 aromatic carbocycles. The second-order valence-corrected chi connectivity index (χ2v) is 21.4. The summed E-state index contributed by atoms with van der Waals surface area (Å²) in [5.74, 6) is -2.15. The number of amides is 2. The maximum absolute atomic E-state index is 15.0. The molecule has 0 radical (unpaired) electrons. The van der Waals surface area contributed by atoms with E-state index < -0.39 is 58.0 Å². The maximum atomic E-state index is 15.0. The van der Waals surface area contributed by atoms with E-state index in [4.69, 9.17) is 19.3 Å². The van der Waals surface area contributed by atoms with Crippen LogP contribution in [-0.2, 0) is 52.6 Å². The van der Waals surface area contributed by atoms with Gasteiger partial charge in [0.05, 0.1) is 6.20 Å². The SMILES string of the molecule is C[n+]1cccn1CC1=C(C(=O)OC(c2ccccc2)c2ccccc2)N2C(=O)[C@@H](NC(=O)C(=NOC3(C(=O)OC(C)(C)C)CCC3)c3csc(NC(c4ccccc4)(c4ccccc4)c4ccccc4)n3)[C@H]2SC1. The number of thioether (sulfide) groups is 1. The number of β-lactam (4-membered cyclic amide) rings is 1. The number of nitrogens with zero attached hydrogens (tertiary/aromatic N) is 5. The van der Waals surface area contributed by atoms with Crippen LogP contribution in [0.15, 0.2) is 192 Å². The number of carbonyl (C=O) groups is 4. The van der Waals surface area contributed by atoms with Crippen LogP contribution < -0.4 is 15.3 Å². The van der Waals surface area contributed by atoms with Gasteiger partial charge in [-0.05, 0) is 60.6 Å². The number of nitrogens with one attached hydrogen (secondary N) is 2. The van der Waals surface area contributed by atoms with Gasteiger partial charge in [-0.25, -0.2) is 14.6 Å². The second kappa shape index (κ2) is 21.0. The van der Waals surface area contributed by atoms with E-state index >= 15 is 0 Å². The van der Waals surface area contributed by atoms with E-state index in [9.17, 15) is 19.2 Å². The first-order valence-corrected chi connectivity index (χ1v) is 26.5. The second-order valence-electron chi connectivity index (χ2n) is 19.5. The molecule has 2 aliphatic heterocycles. The number of thiazole rings is 1. The molecule has 3 aliphatic rings. The molecule has 2 N–H and O–H groups in total. The summed E-state index contributed by atoms with van der Waals surface area (Å²) in [5.41, 5.74) is 1.93. The van der Waals surface area contributed by atoms with Crippen molar-refractivity contribution in [3.63, 3.8) is 0 Å². The Balaban J connectivity index is 0.984. The minimum absolute atomic E-state index is 0.130. The Morgan fingerprint density at radius 3 is 1.86 bits per heavy atom. The largest absolute Gasteiger partial charge is 0.457 e. The first kappa shape index (κ1) is 49.7. The first-order chi connectivity index (χ1) is 35.8. The van der Waals surface area contributed by atoms with Crippen LogP contribution in [-0.4, -0.2) is 72.4 Å². The highest BCUT2D eigenvalue weighted by molar-refractivity contribution is 8.00. The molecular formula is C58H56N7O7S2+. The van der Waals surface area contributed by atoms with Gasteiger partial charge in [-0.1, -0.05) is 157 Å². The van der Waals surface area contributed by atoms with Crippen LogP contribution in [0.3, 0.4) is 0 Å². The zero-order chi connectivity index (χ0) is 51.5. The molecule has 1 saturated carbocycles. The van der Waals surface area contributed by atoms with Crippen molar-refractivity contribution in [3.05, 3.63) is 220 Å². The Labute approximate surface area is 438 Å². The molecule has 16 heteroatoms. The molecule has 74 heavy (non-hydrogen) atoms. The smallest absolute Gasteiger partial charge is 0.356 e. The zero-order valence-corrected chi connectivity index (χ0v) is 43.1. The maximum Gasteiger partial charge on any atom is 0.356 e. The van der Waals surface area contributed by atoms with Crippen LogP contribution in [0.1, 0.15) is 79.6 Å². The predicted octanol–water partition coefficient (Wildman–Crippen LogP) is 8.85. The van der Waals surface area contributed by atoms with Crippen LogP contribution in [0.2, 0.25) is 0 Å². The van der Waals surface area contributed by atoms with Crippen LogP contribution in [0.25, 0.3) is 0 Å². The summed E-state index contributed by atoms with van der Waals surface area (Å²) in [4.78, 5) is 70.7. The average Bonchev–Trinajstić information content (AvgIpc) is 4.05. The number of ether oxygens (including phenoxy) is 2. The van der Waals surface area contributed by atoms with Gasteiger partial charge in [-0.15, -0.1) is 27.8 Å². The third kappa shape index (κ3) is 9.98. The normalized spacial score (nSPS) is 17.4. The van der Waals surface area contributed by atoms with E-state index in [0.717, 1.165) is 27.8 Å². The molecule has 4 heterocycles. The molecule has 1 saturated heterocycles. The Hall–Kier alpha value is -7.82. The molecule has 7 aromatic rings. The standard InChI is InChI=1S/C58H55N7O7S2/c1-56(2,3)71-54(69)57(32-20-33-57)72-62-46(45-38-74-55(59-45)61-58(42-26-14-7-15-27-42,43-28-16-8-17-29-43)44-30-18-9-19-31-44)50(66)60-47-51(67)65-48(41(37-73-52(47)65)36-64-35-21-34-63(64)4)53(68)70-49(39-22-10-5-11-23-39)40-24-12-6-13-25-40/h5-19,21-31,34-35,38,47,49,52H,20,32-33,36-37H2,1-4H3,(H-,59,60,61,66)/p+1/t47-,52-/m1/s1. The van der Waals surface area contributed by atoms with Crippen molar-refractivity contribution in [1.29, 1.82) is 0 Å². The number of anilines is 1. The highest BCUT2D eigenvalue weighted by Crippen LogP contribution is 2.44. The molecule has 14 nitrogen and oxygen atoms in total. The van der Waals surface area contributed by atoms with E-state index in [1.165, 1.54) is 28.0 Å². The average molecular weight is 1030 g/mol. The molecule has 10 rings (SSSR count). The van der Waals surface area contributed by atoms with Crippen LogP contribution in [0, 0.1) is 0 Å². The number of benzene rings is 5. The Morgan fingerprint density at radius 2 is 1.36 bits per heavy atom. The van der Waals surface area contributed by atoms with Gasteiger partial charge in [0.1, 0.15) is 40.5 Å². The number of fused-ring (bicyclic) bond motifs is 1. The topological polar surface area (TPSA) is 157 Å². The number of esters is 2. The first-order valence-electron chi connectivity index (χ1n) is 24.5. The minimum atomic E-state index is -1.43. The summed E-state index contributed by atoms with van der Waals surface area (Å²) in [6, 6.07) is 49.9. The van der Waals surface area contributed by atoms with Gasteiger partial charge >= 0.3 is 11.9 Å². The summed E-state index contributed by atoms with van der Waals surface area (Å²) < 4.78 is 16.0. The number of oxime groups is 1. The van der Waals surface area contributed by atoms with Crippen molar-refractivity contribution in [3.8, 4) is 0 Å². The summed E-state index contributed by atoms with van der Waals surface area (Å²) >= 11 is 2.70. The lowest BCUT2D eigenvalue weighted by Gasteiger charge is -2.49. The van der Waals surface area contributed by atoms with E-state index in [-0.39, 0.29) is 17.1 Å². The van der Waals surface area contributed by atoms with Crippen molar-refractivity contribution < 1.29 is 38.2 Å². The zero-order valence-electron chi connectivity index (χ0n) is 41.4. The quantitative estimate of drug-likeness (QED) is 0.0226. The number of aryl methyl sites for hydroxylation is 1. The van der Waals surface area contributed by atoms with E-state index in [0.29, 0.717) is 42.3 Å².